The molecular formula is C21H24N4O2S. The Morgan fingerprint density at radius 2 is 1.93 bits per heavy atom. The largest absolute Gasteiger partial charge is 0.345 e. The first kappa shape index (κ1) is 20.1. The van der Waals surface area contributed by atoms with E-state index < -0.39 is 0 Å². The molecule has 0 saturated carbocycles. The predicted molar refractivity (Wildman–Crippen MR) is 113 cm³/mol. The van der Waals surface area contributed by atoms with Gasteiger partial charge in [0, 0.05) is 19.3 Å². The number of carbonyl (C=O) groups is 1. The Hall–Kier alpha value is -2.67. The van der Waals surface area contributed by atoms with Crippen molar-refractivity contribution < 1.29 is 4.79 Å². The van der Waals surface area contributed by atoms with Crippen molar-refractivity contribution in [1.82, 2.24) is 19.4 Å². The number of fused-ring (bicyclic) bond motifs is 1. The predicted octanol–water partition coefficient (Wildman–Crippen LogP) is 3.44. The third-order valence-electron chi connectivity index (χ3n) is 4.45. The lowest BCUT2D eigenvalue weighted by molar-refractivity contribution is -0.127. The summed E-state index contributed by atoms with van der Waals surface area (Å²) in [4.78, 5) is 36.5. The van der Waals surface area contributed by atoms with Crippen LogP contribution in [0.15, 0.2) is 52.4 Å². The van der Waals surface area contributed by atoms with Gasteiger partial charge < -0.3 is 4.90 Å². The Balaban J connectivity index is 1.99. The molecule has 2 heterocycles. The highest BCUT2D eigenvalue weighted by molar-refractivity contribution is 7.99. The zero-order chi connectivity index (χ0) is 20.1. The van der Waals surface area contributed by atoms with E-state index in [4.69, 9.17) is 0 Å². The van der Waals surface area contributed by atoms with Crippen molar-refractivity contribution in [2.75, 3.05) is 19.3 Å². The van der Waals surface area contributed by atoms with Crippen molar-refractivity contribution in [3.8, 4) is 5.82 Å². The summed E-state index contributed by atoms with van der Waals surface area (Å²) in [5.74, 6) is 0.749. The van der Waals surface area contributed by atoms with E-state index in [0.29, 0.717) is 21.9 Å². The van der Waals surface area contributed by atoms with Gasteiger partial charge in [0.15, 0.2) is 5.16 Å². The number of thioether (sulfide) groups is 1. The Morgan fingerprint density at radius 3 is 2.68 bits per heavy atom. The van der Waals surface area contributed by atoms with E-state index in [9.17, 15) is 9.59 Å². The summed E-state index contributed by atoms with van der Waals surface area (Å²) in [6, 6.07) is 12.8. The van der Waals surface area contributed by atoms with Crippen molar-refractivity contribution in [3.05, 3.63) is 58.5 Å². The molecule has 1 amide bonds. The number of hydrogen-bond donors (Lipinski definition) is 0. The van der Waals surface area contributed by atoms with E-state index in [1.807, 2.05) is 44.3 Å². The molecule has 0 aliphatic rings. The van der Waals surface area contributed by atoms with Gasteiger partial charge in [-0.15, -0.1) is 0 Å². The highest BCUT2D eigenvalue weighted by Crippen LogP contribution is 2.21. The molecule has 0 N–H and O–H groups in total. The lowest BCUT2D eigenvalue weighted by atomic mass is 10.2. The molecular weight excluding hydrogens is 372 g/mol. The molecule has 2 aromatic heterocycles. The second-order valence-corrected chi connectivity index (χ2v) is 7.59. The van der Waals surface area contributed by atoms with E-state index >= 15 is 0 Å². The van der Waals surface area contributed by atoms with Crippen LogP contribution < -0.4 is 5.56 Å². The highest BCUT2D eigenvalue weighted by Gasteiger charge is 2.16. The van der Waals surface area contributed by atoms with Crippen LogP contribution in [-0.2, 0) is 4.79 Å². The summed E-state index contributed by atoms with van der Waals surface area (Å²) in [5, 5.41) is 1.00. The Bertz CT molecular complexity index is 1050. The molecule has 0 atom stereocenters. The van der Waals surface area contributed by atoms with Crippen LogP contribution in [0.2, 0.25) is 0 Å². The molecule has 146 valence electrons. The van der Waals surface area contributed by atoms with Crippen molar-refractivity contribution in [2.24, 2.45) is 0 Å². The maximum absolute atomic E-state index is 13.2. The molecule has 7 heteroatoms. The van der Waals surface area contributed by atoms with Crippen LogP contribution in [0, 0.1) is 6.92 Å². The van der Waals surface area contributed by atoms with Gasteiger partial charge in [0.25, 0.3) is 5.56 Å². The first-order valence-electron chi connectivity index (χ1n) is 9.34. The second kappa shape index (κ2) is 9.01. The second-order valence-electron chi connectivity index (χ2n) is 6.65. The number of pyridine rings is 1. The van der Waals surface area contributed by atoms with E-state index in [0.717, 1.165) is 25.1 Å². The molecule has 28 heavy (non-hydrogen) atoms. The van der Waals surface area contributed by atoms with Gasteiger partial charge in [-0.2, -0.15) is 0 Å². The summed E-state index contributed by atoms with van der Waals surface area (Å²) >= 11 is 1.27. The SMILES string of the molecule is CCCCN(C)C(=O)CSc1nc2ccccc2c(=O)n1-c1cccc(C)n1. The van der Waals surface area contributed by atoms with Gasteiger partial charge in [-0.05, 0) is 37.6 Å². The molecule has 0 spiro atoms. The number of para-hydroxylation sites is 1. The van der Waals surface area contributed by atoms with Gasteiger partial charge in [-0.1, -0.05) is 43.3 Å². The minimum absolute atomic E-state index is 0.0182. The number of carbonyl (C=O) groups excluding carboxylic acids is 1. The van der Waals surface area contributed by atoms with Gasteiger partial charge >= 0.3 is 0 Å². The monoisotopic (exact) mass is 396 g/mol. The zero-order valence-electron chi connectivity index (χ0n) is 16.4. The fourth-order valence-electron chi connectivity index (χ4n) is 2.82. The Kier molecular flexibility index (Phi) is 6.46. The molecule has 0 fully saturated rings. The number of aryl methyl sites for hydroxylation is 1. The van der Waals surface area contributed by atoms with Crippen LogP contribution in [0.25, 0.3) is 16.7 Å². The fraction of sp³-hybridized carbons (Fsp3) is 0.333. The van der Waals surface area contributed by atoms with Crippen molar-refractivity contribution in [2.45, 2.75) is 31.8 Å². The molecule has 0 aliphatic carbocycles. The quantitative estimate of drug-likeness (QED) is 0.452. The van der Waals surface area contributed by atoms with E-state index in [2.05, 4.69) is 16.9 Å². The average molecular weight is 397 g/mol. The summed E-state index contributed by atoms with van der Waals surface area (Å²) in [6.45, 7) is 4.70. The fourth-order valence-corrected chi connectivity index (χ4v) is 3.76. The third-order valence-corrected chi connectivity index (χ3v) is 5.37. The number of benzene rings is 1. The maximum Gasteiger partial charge on any atom is 0.267 e. The number of amides is 1. The number of unbranched alkanes of at least 4 members (excludes halogenated alkanes) is 1. The van der Waals surface area contributed by atoms with E-state index in [-0.39, 0.29) is 17.2 Å². The smallest absolute Gasteiger partial charge is 0.267 e. The van der Waals surface area contributed by atoms with Gasteiger partial charge in [-0.3, -0.25) is 9.59 Å². The maximum atomic E-state index is 13.2. The number of rotatable bonds is 7. The van der Waals surface area contributed by atoms with Crippen LogP contribution >= 0.6 is 11.8 Å². The summed E-state index contributed by atoms with van der Waals surface area (Å²) in [6.07, 6.45) is 2.01. The molecule has 0 saturated heterocycles. The molecule has 0 unspecified atom stereocenters. The van der Waals surface area contributed by atoms with Crippen LogP contribution in [0.1, 0.15) is 25.5 Å². The minimum Gasteiger partial charge on any atom is -0.345 e. The Morgan fingerprint density at radius 1 is 1.14 bits per heavy atom. The first-order valence-corrected chi connectivity index (χ1v) is 10.3. The van der Waals surface area contributed by atoms with Crippen molar-refractivity contribution in [3.63, 3.8) is 0 Å². The number of aromatic nitrogens is 3. The van der Waals surface area contributed by atoms with Crippen LogP contribution in [0.3, 0.4) is 0 Å². The van der Waals surface area contributed by atoms with Gasteiger partial charge in [-0.25, -0.2) is 14.5 Å². The molecule has 0 radical (unpaired) electrons. The molecule has 0 bridgehead atoms. The lowest BCUT2D eigenvalue weighted by Crippen LogP contribution is -2.30. The summed E-state index contributed by atoms with van der Waals surface area (Å²) < 4.78 is 1.50. The van der Waals surface area contributed by atoms with Gasteiger partial charge in [0.1, 0.15) is 5.82 Å². The molecule has 6 nitrogen and oxygen atoms in total. The average Bonchev–Trinajstić information content (AvgIpc) is 2.70. The first-order chi connectivity index (χ1) is 13.5. The van der Waals surface area contributed by atoms with Crippen molar-refractivity contribution >= 4 is 28.6 Å². The van der Waals surface area contributed by atoms with E-state index in [1.54, 1.807) is 17.0 Å². The normalized spacial score (nSPS) is 11.0. The molecule has 3 aromatic rings. The van der Waals surface area contributed by atoms with Gasteiger partial charge in [0.2, 0.25) is 5.91 Å². The molecule has 1 aromatic carbocycles. The standard InChI is InChI=1S/C21H24N4O2S/c1-4-5-13-24(3)19(26)14-28-21-23-17-11-7-6-10-16(17)20(27)25(21)18-12-8-9-15(2)22-18/h6-12H,4-5,13-14H2,1-3H3. The summed E-state index contributed by atoms with van der Waals surface area (Å²) in [5.41, 5.74) is 1.24. The third kappa shape index (κ3) is 4.42. The number of hydrogen-bond acceptors (Lipinski definition) is 5. The van der Waals surface area contributed by atoms with Gasteiger partial charge in [0.05, 0.1) is 16.7 Å². The number of nitrogens with zero attached hydrogens (tertiary/aromatic N) is 4. The van der Waals surface area contributed by atoms with Crippen LogP contribution in [0.5, 0.6) is 0 Å². The topological polar surface area (TPSA) is 68.1 Å². The molecule has 3 rings (SSSR count). The van der Waals surface area contributed by atoms with Crippen LogP contribution in [0.4, 0.5) is 0 Å². The van der Waals surface area contributed by atoms with Crippen LogP contribution in [-0.4, -0.2) is 44.7 Å². The summed E-state index contributed by atoms with van der Waals surface area (Å²) in [7, 11) is 1.81. The molecule has 0 aliphatic heterocycles. The lowest BCUT2D eigenvalue weighted by Gasteiger charge is -2.17. The Labute approximate surface area is 168 Å². The highest BCUT2D eigenvalue weighted by atomic mass is 32.2. The van der Waals surface area contributed by atoms with Crippen molar-refractivity contribution in [1.29, 1.82) is 0 Å². The zero-order valence-corrected chi connectivity index (χ0v) is 17.2. The van der Waals surface area contributed by atoms with E-state index in [1.165, 1.54) is 16.3 Å². The minimum atomic E-state index is -0.182.